The summed E-state index contributed by atoms with van der Waals surface area (Å²) < 4.78 is 18.2. The molecular formula is C20H20FN5O2. The number of methoxy groups -OCH3 is 1. The standard InChI is InChI=1S/C20H20FN5O2/c1-28-17-8-2-14(3-9-17)18-19(27)22-20(24-23-18)26-12-10-25(11-13-26)16-6-4-15(21)5-7-16/h2-9H,10-13H2,1H3,(H,22,24,27). The number of ether oxygens (including phenoxy) is 1. The molecule has 0 saturated carbocycles. The zero-order valence-electron chi connectivity index (χ0n) is 15.4. The highest BCUT2D eigenvalue weighted by Crippen LogP contribution is 2.20. The third kappa shape index (κ3) is 3.66. The molecule has 2 aromatic carbocycles. The first-order chi connectivity index (χ1) is 13.6. The highest BCUT2D eigenvalue weighted by Gasteiger charge is 2.20. The summed E-state index contributed by atoms with van der Waals surface area (Å²) in [6.45, 7) is 2.86. The van der Waals surface area contributed by atoms with Gasteiger partial charge in [-0.25, -0.2) is 4.39 Å². The van der Waals surface area contributed by atoms with Crippen molar-refractivity contribution in [2.45, 2.75) is 0 Å². The van der Waals surface area contributed by atoms with E-state index in [2.05, 4.69) is 20.1 Å². The summed E-state index contributed by atoms with van der Waals surface area (Å²) in [4.78, 5) is 19.5. The van der Waals surface area contributed by atoms with Gasteiger partial charge in [-0.2, -0.15) is 0 Å². The number of nitrogens with zero attached hydrogens (tertiary/aromatic N) is 4. The monoisotopic (exact) mass is 381 g/mol. The summed E-state index contributed by atoms with van der Waals surface area (Å²) in [6, 6.07) is 13.6. The Morgan fingerprint density at radius 2 is 1.57 bits per heavy atom. The largest absolute Gasteiger partial charge is 0.497 e. The first-order valence-corrected chi connectivity index (χ1v) is 9.01. The van der Waals surface area contributed by atoms with Crippen molar-refractivity contribution >= 4 is 11.6 Å². The van der Waals surface area contributed by atoms with Crippen LogP contribution in [0.25, 0.3) is 11.3 Å². The molecule has 0 amide bonds. The maximum atomic E-state index is 13.1. The molecule has 8 heteroatoms. The first kappa shape index (κ1) is 18.0. The Labute approximate surface area is 161 Å². The molecule has 1 saturated heterocycles. The van der Waals surface area contributed by atoms with Crippen molar-refractivity contribution in [2.24, 2.45) is 0 Å². The maximum absolute atomic E-state index is 13.1. The van der Waals surface area contributed by atoms with E-state index in [-0.39, 0.29) is 17.1 Å². The topological polar surface area (TPSA) is 74.4 Å². The Morgan fingerprint density at radius 1 is 0.929 bits per heavy atom. The van der Waals surface area contributed by atoms with E-state index >= 15 is 0 Å². The van der Waals surface area contributed by atoms with Gasteiger partial charge < -0.3 is 14.5 Å². The van der Waals surface area contributed by atoms with Crippen LogP contribution in [-0.4, -0.2) is 48.5 Å². The number of rotatable bonds is 4. The molecule has 1 aliphatic rings. The zero-order valence-corrected chi connectivity index (χ0v) is 15.4. The van der Waals surface area contributed by atoms with E-state index in [9.17, 15) is 9.18 Å². The number of hydrogen-bond donors (Lipinski definition) is 1. The van der Waals surface area contributed by atoms with Crippen LogP contribution in [0.1, 0.15) is 0 Å². The van der Waals surface area contributed by atoms with E-state index in [1.807, 2.05) is 4.90 Å². The van der Waals surface area contributed by atoms with Gasteiger partial charge in [0.2, 0.25) is 5.95 Å². The highest BCUT2D eigenvalue weighted by atomic mass is 19.1. The number of aromatic nitrogens is 3. The van der Waals surface area contributed by atoms with Gasteiger partial charge in [-0.3, -0.25) is 9.78 Å². The van der Waals surface area contributed by atoms with Crippen molar-refractivity contribution in [1.82, 2.24) is 15.2 Å². The molecule has 1 fully saturated rings. The molecule has 4 rings (SSSR count). The second-order valence-corrected chi connectivity index (χ2v) is 6.51. The Hall–Kier alpha value is -3.42. The molecule has 0 bridgehead atoms. The number of halogens is 1. The van der Waals surface area contributed by atoms with Crippen LogP contribution in [0.4, 0.5) is 16.0 Å². The van der Waals surface area contributed by atoms with Crippen molar-refractivity contribution < 1.29 is 9.13 Å². The fraction of sp³-hybridized carbons (Fsp3) is 0.250. The molecule has 0 unspecified atom stereocenters. The minimum atomic E-state index is -0.281. The van der Waals surface area contributed by atoms with Gasteiger partial charge in [-0.15, -0.1) is 10.2 Å². The minimum Gasteiger partial charge on any atom is -0.497 e. The van der Waals surface area contributed by atoms with Crippen molar-refractivity contribution in [3.63, 3.8) is 0 Å². The van der Waals surface area contributed by atoms with Crippen LogP contribution >= 0.6 is 0 Å². The Bertz CT molecular complexity index is 996. The second kappa shape index (κ2) is 7.67. The van der Waals surface area contributed by atoms with Gasteiger partial charge in [0.25, 0.3) is 5.56 Å². The lowest BCUT2D eigenvalue weighted by molar-refractivity contribution is 0.415. The van der Waals surface area contributed by atoms with Crippen molar-refractivity contribution in [2.75, 3.05) is 43.1 Å². The van der Waals surface area contributed by atoms with E-state index in [0.29, 0.717) is 30.4 Å². The van der Waals surface area contributed by atoms with E-state index < -0.39 is 0 Å². The molecule has 0 radical (unpaired) electrons. The van der Waals surface area contributed by atoms with Gasteiger partial charge in [0.05, 0.1) is 7.11 Å². The van der Waals surface area contributed by atoms with Crippen LogP contribution < -0.4 is 20.1 Å². The molecule has 1 aliphatic heterocycles. The van der Waals surface area contributed by atoms with Crippen molar-refractivity contribution in [1.29, 1.82) is 0 Å². The molecular weight excluding hydrogens is 361 g/mol. The van der Waals surface area contributed by atoms with Crippen LogP contribution in [0, 0.1) is 5.82 Å². The number of hydrogen-bond acceptors (Lipinski definition) is 6. The van der Waals surface area contributed by atoms with Gasteiger partial charge in [0, 0.05) is 37.4 Å². The molecule has 0 atom stereocenters. The summed E-state index contributed by atoms with van der Waals surface area (Å²) in [5.41, 5.74) is 1.66. The molecule has 0 spiro atoms. The normalized spacial score (nSPS) is 14.2. The van der Waals surface area contributed by atoms with Gasteiger partial charge >= 0.3 is 0 Å². The Kier molecular flexibility index (Phi) is 4.92. The number of H-pyrrole nitrogens is 1. The predicted molar refractivity (Wildman–Crippen MR) is 105 cm³/mol. The van der Waals surface area contributed by atoms with Gasteiger partial charge in [0.15, 0.2) is 5.69 Å². The first-order valence-electron chi connectivity index (χ1n) is 9.01. The molecule has 2 heterocycles. The Balaban J connectivity index is 1.46. The van der Waals surface area contributed by atoms with Crippen LogP contribution in [0.5, 0.6) is 5.75 Å². The predicted octanol–water partition coefficient (Wildman–Crippen LogP) is 2.31. The van der Waals surface area contributed by atoms with Gasteiger partial charge in [-0.1, -0.05) is 0 Å². The zero-order chi connectivity index (χ0) is 19.5. The fourth-order valence-electron chi connectivity index (χ4n) is 3.24. The summed E-state index contributed by atoms with van der Waals surface area (Å²) in [7, 11) is 1.59. The van der Waals surface area contributed by atoms with Gasteiger partial charge in [-0.05, 0) is 48.5 Å². The quantitative estimate of drug-likeness (QED) is 0.748. The SMILES string of the molecule is COc1ccc(-c2nnc(N3CCN(c4ccc(F)cc4)CC3)[nH]c2=O)cc1. The molecule has 7 nitrogen and oxygen atoms in total. The number of benzene rings is 2. The summed E-state index contributed by atoms with van der Waals surface area (Å²) in [5.74, 6) is 0.928. The van der Waals surface area contributed by atoms with Crippen LogP contribution in [0.3, 0.4) is 0 Å². The lowest BCUT2D eigenvalue weighted by Crippen LogP contribution is -2.47. The molecule has 1 aromatic heterocycles. The average Bonchev–Trinajstić information content (AvgIpc) is 2.74. The summed E-state index contributed by atoms with van der Waals surface area (Å²) in [6.07, 6.45) is 0. The molecule has 3 aromatic rings. The van der Waals surface area contributed by atoms with E-state index in [1.165, 1.54) is 12.1 Å². The molecule has 1 N–H and O–H groups in total. The number of anilines is 2. The third-order valence-electron chi connectivity index (χ3n) is 4.82. The number of nitrogens with one attached hydrogen (secondary N) is 1. The molecule has 144 valence electrons. The molecule has 0 aliphatic carbocycles. The van der Waals surface area contributed by atoms with E-state index in [0.717, 1.165) is 18.8 Å². The highest BCUT2D eigenvalue weighted by molar-refractivity contribution is 5.59. The minimum absolute atomic E-state index is 0.243. The smallest absolute Gasteiger partial charge is 0.279 e. The number of piperazine rings is 1. The molecule has 28 heavy (non-hydrogen) atoms. The van der Waals surface area contributed by atoms with E-state index in [4.69, 9.17) is 4.74 Å². The van der Waals surface area contributed by atoms with Crippen molar-refractivity contribution in [3.8, 4) is 17.0 Å². The average molecular weight is 381 g/mol. The second-order valence-electron chi connectivity index (χ2n) is 6.51. The lowest BCUT2D eigenvalue weighted by Gasteiger charge is -2.36. The lowest BCUT2D eigenvalue weighted by atomic mass is 10.1. The summed E-state index contributed by atoms with van der Waals surface area (Å²) in [5, 5.41) is 8.35. The van der Waals surface area contributed by atoms with Crippen LogP contribution in [-0.2, 0) is 0 Å². The summed E-state index contributed by atoms with van der Waals surface area (Å²) >= 11 is 0. The van der Waals surface area contributed by atoms with Crippen molar-refractivity contribution in [3.05, 3.63) is 64.7 Å². The fourth-order valence-corrected chi connectivity index (χ4v) is 3.24. The van der Waals surface area contributed by atoms with E-state index in [1.54, 1.807) is 43.5 Å². The van der Waals surface area contributed by atoms with Gasteiger partial charge in [0.1, 0.15) is 11.6 Å². The number of aromatic amines is 1. The van der Waals surface area contributed by atoms with Crippen LogP contribution in [0.15, 0.2) is 53.3 Å². The maximum Gasteiger partial charge on any atom is 0.279 e. The van der Waals surface area contributed by atoms with Crippen LogP contribution in [0.2, 0.25) is 0 Å². The third-order valence-corrected chi connectivity index (χ3v) is 4.82. The Morgan fingerprint density at radius 3 is 2.18 bits per heavy atom.